The molecule has 0 aliphatic heterocycles. The van der Waals surface area contributed by atoms with Gasteiger partial charge in [0.25, 0.3) is 0 Å². The zero-order valence-corrected chi connectivity index (χ0v) is 15.2. The van der Waals surface area contributed by atoms with Crippen molar-refractivity contribution in [2.45, 2.75) is 13.3 Å². The molecule has 26 heavy (non-hydrogen) atoms. The van der Waals surface area contributed by atoms with Crippen molar-refractivity contribution < 1.29 is 28.4 Å². The fourth-order valence-corrected chi connectivity index (χ4v) is 3.37. The third-order valence-corrected chi connectivity index (χ3v) is 4.68. The molecule has 3 rings (SSSR count). The predicted octanol–water partition coefficient (Wildman–Crippen LogP) is 3.50. The first kappa shape index (κ1) is 18.5. The zero-order chi connectivity index (χ0) is 18.9. The van der Waals surface area contributed by atoms with Crippen LogP contribution >= 0.6 is 7.82 Å². The van der Waals surface area contributed by atoms with E-state index in [1.165, 1.54) is 0 Å². The van der Waals surface area contributed by atoms with Gasteiger partial charge in [-0.15, -0.1) is 0 Å². The van der Waals surface area contributed by atoms with Crippen molar-refractivity contribution in [2.24, 2.45) is 0 Å². The van der Waals surface area contributed by atoms with Crippen LogP contribution in [0.25, 0.3) is 11.1 Å². The van der Waals surface area contributed by atoms with E-state index in [-0.39, 0.29) is 19.0 Å². The molecular weight excluding hydrogens is 355 g/mol. The molecule has 6 nitrogen and oxygen atoms in total. The van der Waals surface area contributed by atoms with Gasteiger partial charge in [-0.1, -0.05) is 36.9 Å². The van der Waals surface area contributed by atoms with E-state index in [1.807, 2.05) is 30.3 Å². The number of carbonyl (C=O) groups is 1. The Morgan fingerprint density at radius 2 is 1.88 bits per heavy atom. The summed E-state index contributed by atoms with van der Waals surface area (Å²) in [6.07, 6.45) is 0.623. The van der Waals surface area contributed by atoms with Gasteiger partial charge in [-0.25, -0.2) is 4.57 Å². The number of ketones is 1. The number of allylic oxidation sites excluding steroid dienone is 1. The number of carbonyl (C=O) groups excluding carboxylic acids is 1. The van der Waals surface area contributed by atoms with Gasteiger partial charge < -0.3 is 14.5 Å². The SMILES string of the molecule is C=C(C)C(=O)c1ccc2c(c1OCCOP(=O)(O)O)Cc1ccccc1-2. The Kier molecular flexibility index (Phi) is 5.12. The van der Waals surface area contributed by atoms with Gasteiger partial charge in [-0.05, 0) is 35.3 Å². The lowest BCUT2D eigenvalue weighted by molar-refractivity contribution is 0.102. The van der Waals surface area contributed by atoms with Gasteiger partial charge in [-0.3, -0.25) is 9.32 Å². The van der Waals surface area contributed by atoms with Gasteiger partial charge in [0, 0.05) is 12.0 Å². The van der Waals surface area contributed by atoms with E-state index in [2.05, 4.69) is 11.1 Å². The van der Waals surface area contributed by atoms with E-state index in [4.69, 9.17) is 14.5 Å². The molecule has 2 aromatic rings. The lowest BCUT2D eigenvalue weighted by Crippen LogP contribution is -2.11. The van der Waals surface area contributed by atoms with Crippen LogP contribution in [0, 0.1) is 0 Å². The van der Waals surface area contributed by atoms with Crippen molar-refractivity contribution in [3.8, 4) is 16.9 Å². The van der Waals surface area contributed by atoms with Crippen LogP contribution in [0.2, 0.25) is 0 Å². The van der Waals surface area contributed by atoms with E-state index < -0.39 is 7.82 Å². The molecule has 0 heterocycles. The van der Waals surface area contributed by atoms with E-state index in [9.17, 15) is 9.36 Å². The average Bonchev–Trinajstić information content (AvgIpc) is 2.96. The molecule has 1 aliphatic rings. The Bertz CT molecular complexity index is 928. The highest BCUT2D eigenvalue weighted by Crippen LogP contribution is 2.43. The van der Waals surface area contributed by atoms with Crippen LogP contribution < -0.4 is 4.74 Å². The van der Waals surface area contributed by atoms with E-state index in [0.29, 0.717) is 23.3 Å². The number of fused-ring (bicyclic) bond motifs is 3. The molecule has 0 saturated heterocycles. The van der Waals surface area contributed by atoms with E-state index in [0.717, 1.165) is 22.3 Å². The maximum Gasteiger partial charge on any atom is 0.469 e. The van der Waals surface area contributed by atoms with E-state index in [1.54, 1.807) is 13.0 Å². The summed E-state index contributed by atoms with van der Waals surface area (Å²) in [6.45, 7) is 4.95. The molecule has 0 saturated carbocycles. The van der Waals surface area contributed by atoms with Gasteiger partial charge in [0.1, 0.15) is 12.4 Å². The first-order chi connectivity index (χ1) is 12.3. The number of hydrogen-bond donors (Lipinski definition) is 2. The van der Waals surface area contributed by atoms with E-state index >= 15 is 0 Å². The predicted molar refractivity (Wildman–Crippen MR) is 97.3 cm³/mol. The Hall–Kier alpha value is -2.24. The molecule has 2 aromatic carbocycles. The largest absolute Gasteiger partial charge is 0.490 e. The number of hydrogen-bond acceptors (Lipinski definition) is 4. The summed E-state index contributed by atoms with van der Waals surface area (Å²) in [7, 11) is -4.56. The van der Waals surface area contributed by atoms with Crippen molar-refractivity contribution in [3.05, 3.63) is 65.2 Å². The number of phosphoric acid groups is 1. The van der Waals surface area contributed by atoms with Crippen LogP contribution in [0.5, 0.6) is 5.75 Å². The first-order valence-corrected chi connectivity index (χ1v) is 9.58. The lowest BCUT2D eigenvalue weighted by atomic mass is 9.97. The lowest BCUT2D eigenvalue weighted by Gasteiger charge is -2.16. The summed E-state index contributed by atoms with van der Waals surface area (Å²) >= 11 is 0. The van der Waals surface area contributed by atoms with Crippen molar-refractivity contribution in [1.82, 2.24) is 0 Å². The molecule has 0 spiro atoms. The molecule has 0 unspecified atom stereocenters. The first-order valence-electron chi connectivity index (χ1n) is 8.05. The van der Waals surface area contributed by atoms with Crippen LogP contribution in [0.4, 0.5) is 0 Å². The summed E-state index contributed by atoms with van der Waals surface area (Å²) < 4.78 is 21.0. The Labute approximate surface area is 151 Å². The van der Waals surface area contributed by atoms with Crippen molar-refractivity contribution >= 4 is 13.6 Å². The van der Waals surface area contributed by atoms with Crippen molar-refractivity contribution in [2.75, 3.05) is 13.2 Å². The van der Waals surface area contributed by atoms with Crippen LogP contribution in [-0.4, -0.2) is 28.8 Å². The monoisotopic (exact) mass is 374 g/mol. The molecule has 2 N–H and O–H groups in total. The average molecular weight is 374 g/mol. The summed E-state index contributed by atoms with van der Waals surface area (Å²) in [6, 6.07) is 11.6. The molecule has 0 radical (unpaired) electrons. The highest BCUT2D eigenvalue weighted by atomic mass is 31.2. The molecule has 0 fully saturated rings. The molecule has 0 atom stereocenters. The molecule has 0 aromatic heterocycles. The minimum absolute atomic E-state index is 0.0889. The number of Topliss-reactive ketones (excluding diaryl/α,β-unsaturated/α-hetero) is 1. The van der Waals surface area contributed by atoms with Crippen molar-refractivity contribution in [1.29, 1.82) is 0 Å². The highest BCUT2D eigenvalue weighted by molar-refractivity contribution is 7.46. The minimum atomic E-state index is -4.56. The smallest absolute Gasteiger partial charge is 0.469 e. The Balaban J connectivity index is 1.95. The minimum Gasteiger partial charge on any atom is -0.490 e. The molecule has 136 valence electrons. The summed E-state index contributed by atoms with van der Waals surface area (Å²) in [5.41, 5.74) is 4.88. The van der Waals surface area contributed by atoms with Gasteiger partial charge in [-0.2, -0.15) is 0 Å². The van der Waals surface area contributed by atoms with Gasteiger partial charge in [0.15, 0.2) is 5.78 Å². The normalized spacial score (nSPS) is 12.4. The molecule has 0 bridgehead atoms. The third kappa shape index (κ3) is 3.79. The standard InChI is InChI=1S/C19H19O6P/c1-12(2)18(20)16-8-7-15-14-6-4-3-5-13(14)11-17(15)19(16)24-9-10-25-26(21,22)23/h3-8H,1,9-11H2,2H3,(H2,21,22,23). The fourth-order valence-electron chi connectivity index (χ4n) is 3.06. The van der Waals surface area contributed by atoms with Crippen LogP contribution in [0.3, 0.4) is 0 Å². The van der Waals surface area contributed by atoms with Crippen LogP contribution in [0.15, 0.2) is 48.6 Å². The quantitative estimate of drug-likeness (QED) is 0.285. The maximum absolute atomic E-state index is 12.5. The van der Waals surface area contributed by atoms with Gasteiger partial charge >= 0.3 is 7.82 Å². The van der Waals surface area contributed by atoms with Gasteiger partial charge in [0.05, 0.1) is 12.2 Å². The third-order valence-electron chi connectivity index (χ3n) is 4.16. The maximum atomic E-state index is 12.5. The highest BCUT2D eigenvalue weighted by Gasteiger charge is 2.26. The van der Waals surface area contributed by atoms with Crippen molar-refractivity contribution in [3.63, 3.8) is 0 Å². The van der Waals surface area contributed by atoms with Gasteiger partial charge in [0.2, 0.25) is 0 Å². The second-order valence-corrected chi connectivity index (χ2v) is 7.32. The summed E-state index contributed by atoms with van der Waals surface area (Å²) in [5.74, 6) is 0.190. The number of phosphoric ester groups is 1. The number of ether oxygens (including phenoxy) is 1. The zero-order valence-electron chi connectivity index (χ0n) is 14.3. The second-order valence-electron chi connectivity index (χ2n) is 6.08. The molecular formula is C19H19O6P. The molecule has 0 amide bonds. The Morgan fingerprint density at radius 3 is 2.58 bits per heavy atom. The topological polar surface area (TPSA) is 93.1 Å². The number of benzene rings is 2. The van der Waals surface area contributed by atoms with Crippen LogP contribution in [0.1, 0.15) is 28.4 Å². The summed E-state index contributed by atoms with van der Waals surface area (Å²) in [4.78, 5) is 30.0. The fraction of sp³-hybridized carbons (Fsp3) is 0.211. The summed E-state index contributed by atoms with van der Waals surface area (Å²) in [5, 5.41) is 0. The Morgan fingerprint density at radius 1 is 1.15 bits per heavy atom. The molecule has 1 aliphatic carbocycles. The second kappa shape index (κ2) is 7.17. The molecule has 7 heteroatoms. The number of rotatable bonds is 7. The van der Waals surface area contributed by atoms with Crippen LogP contribution in [-0.2, 0) is 15.5 Å².